The maximum atomic E-state index is 5.56. The Morgan fingerprint density at radius 1 is 1.07 bits per heavy atom. The lowest BCUT2D eigenvalue weighted by molar-refractivity contribution is 0.304. The molecule has 0 amide bonds. The molecule has 0 saturated heterocycles. The minimum Gasteiger partial charge on any atom is -0.493 e. The van der Waals surface area contributed by atoms with Crippen LogP contribution in [0.2, 0.25) is 0 Å². The highest BCUT2D eigenvalue weighted by molar-refractivity contribution is 5.19. The number of rotatable bonds is 8. The molecule has 0 aliphatic carbocycles. The fourth-order valence-electron chi connectivity index (χ4n) is 1.53. The lowest BCUT2D eigenvalue weighted by Crippen LogP contribution is -1.96. The van der Waals surface area contributed by atoms with Gasteiger partial charge in [-0.1, -0.05) is 57.2 Å². The molecule has 0 unspecified atom stereocenters. The van der Waals surface area contributed by atoms with Crippen LogP contribution < -0.4 is 4.74 Å². The van der Waals surface area contributed by atoms with E-state index in [2.05, 4.69) is 13.0 Å². The van der Waals surface area contributed by atoms with Crippen molar-refractivity contribution < 1.29 is 4.74 Å². The highest BCUT2D eigenvalue weighted by atomic mass is 16.5. The van der Waals surface area contributed by atoms with Crippen molar-refractivity contribution in [3.63, 3.8) is 0 Å². The first kappa shape index (κ1) is 12.1. The summed E-state index contributed by atoms with van der Waals surface area (Å²) < 4.78 is 5.56. The second-order valence-corrected chi connectivity index (χ2v) is 3.84. The monoisotopic (exact) mass is 205 g/mol. The van der Waals surface area contributed by atoms with Crippen molar-refractivity contribution in [3.05, 3.63) is 30.3 Å². The number of unbranched alkanes of at least 4 members (excludes halogenated alkanes) is 5. The van der Waals surface area contributed by atoms with E-state index in [0.717, 1.165) is 18.8 Å². The summed E-state index contributed by atoms with van der Waals surface area (Å²) in [5.74, 6) is 0.867. The van der Waals surface area contributed by atoms with Gasteiger partial charge < -0.3 is 4.74 Å². The Labute approximate surface area is 93.5 Å². The second kappa shape index (κ2) is 8.34. The molecule has 0 saturated carbocycles. The first-order valence-electron chi connectivity index (χ1n) is 6.03. The molecule has 1 nitrogen and oxygen atoms in total. The highest BCUT2D eigenvalue weighted by Gasteiger charge is 1.92. The van der Waals surface area contributed by atoms with Gasteiger partial charge >= 0.3 is 0 Å². The normalized spacial score (nSPS) is 10.2. The molecule has 0 heterocycles. The summed E-state index contributed by atoms with van der Waals surface area (Å²) in [6, 6.07) is 10.8. The predicted molar refractivity (Wildman–Crippen MR) is 64.1 cm³/mol. The van der Waals surface area contributed by atoms with E-state index in [1.807, 2.05) is 24.3 Å². The number of hydrogen-bond donors (Lipinski definition) is 0. The molecule has 1 radical (unpaired) electrons. The Bertz CT molecular complexity index is 230. The molecule has 0 aromatic heterocycles. The average molecular weight is 205 g/mol. The van der Waals surface area contributed by atoms with Crippen molar-refractivity contribution in [1.29, 1.82) is 0 Å². The second-order valence-electron chi connectivity index (χ2n) is 3.84. The van der Waals surface area contributed by atoms with Gasteiger partial charge in [0.2, 0.25) is 0 Å². The minimum atomic E-state index is 0.826. The van der Waals surface area contributed by atoms with Gasteiger partial charge in [-0.15, -0.1) is 0 Å². The van der Waals surface area contributed by atoms with Gasteiger partial charge in [0.1, 0.15) is 5.75 Å². The quantitative estimate of drug-likeness (QED) is 0.577. The molecule has 0 atom stereocenters. The smallest absolute Gasteiger partial charge is 0.127 e. The van der Waals surface area contributed by atoms with Crippen molar-refractivity contribution in [2.45, 2.75) is 45.4 Å². The van der Waals surface area contributed by atoms with E-state index in [-0.39, 0.29) is 0 Å². The van der Waals surface area contributed by atoms with Gasteiger partial charge in [0, 0.05) is 6.07 Å². The summed E-state index contributed by atoms with van der Waals surface area (Å²) in [7, 11) is 0. The fraction of sp³-hybridized carbons (Fsp3) is 0.571. The van der Waals surface area contributed by atoms with Gasteiger partial charge in [0.15, 0.2) is 0 Å². The minimum absolute atomic E-state index is 0.826. The number of benzene rings is 1. The van der Waals surface area contributed by atoms with E-state index in [1.54, 1.807) is 0 Å². The third-order valence-electron chi connectivity index (χ3n) is 2.44. The van der Waals surface area contributed by atoms with Crippen LogP contribution in [0.3, 0.4) is 0 Å². The third-order valence-corrected chi connectivity index (χ3v) is 2.44. The zero-order chi connectivity index (χ0) is 10.8. The molecule has 83 valence electrons. The van der Waals surface area contributed by atoms with Crippen molar-refractivity contribution >= 4 is 0 Å². The molecule has 0 aliphatic heterocycles. The van der Waals surface area contributed by atoms with Gasteiger partial charge in [0.25, 0.3) is 0 Å². The Hall–Kier alpha value is -0.980. The summed E-state index contributed by atoms with van der Waals surface area (Å²) in [5, 5.41) is 0. The van der Waals surface area contributed by atoms with E-state index < -0.39 is 0 Å². The van der Waals surface area contributed by atoms with Crippen molar-refractivity contribution in [3.8, 4) is 5.75 Å². The van der Waals surface area contributed by atoms with Crippen LogP contribution in [0.25, 0.3) is 0 Å². The van der Waals surface area contributed by atoms with Crippen molar-refractivity contribution in [2.75, 3.05) is 6.61 Å². The molecule has 0 N–H and O–H groups in total. The Balaban J connectivity index is 1.93. The van der Waals surface area contributed by atoms with Gasteiger partial charge in [-0.25, -0.2) is 0 Å². The van der Waals surface area contributed by atoms with Crippen molar-refractivity contribution in [2.24, 2.45) is 0 Å². The SMILES string of the molecule is CCCCCCCCOc1[c]cccc1. The number of para-hydroxylation sites is 1. The lowest BCUT2D eigenvalue weighted by Gasteiger charge is -2.04. The van der Waals surface area contributed by atoms with E-state index >= 15 is 0 Å². The van der Waals surface area contributed by atoms with E-state index in [0.29, 0.717) is 0 Å². The largest absolute Gasteiger partial charge is 0.493 e. The molecule has 0 fully saturated rings. The van der Waals surface area contributed by atoms with E-state index in [4.69, 9.17) is 4.74 Å². The van der Waals surface area contributed by atoms with Gasteiger partial charge in [0.05, 0.1) is 6.61 Å². The van der Waals surface area contributed by atoms with Gasteiger partial charge in [-0.3, -0.25) is 0 Å². The van der Waals surface area contributed by atoms with E-state index in [9.17, 15) is 0 Å². The Morgan fingerprint density at radius 3 is 2.60 bits per heavy atom. The van der Waals surface area contributed by atoms with Crippen LogP contribution in [-0.4, -0.2) is 6.61 Å². The average Bonchev–Trinajstić information content (AvgIpc) is 2.29. The molecule has 0 bridgehead atoms. The zero-order valence-corrected chi connectivity index (χ0v) is 9.67. The zero-order valence-electron chi connectivity index (χ0n) is 9.67. The predicted octanol–water partition coefficient (Wildman–Crippen LogP) is 4.23. The van der Waals surface area contributed by atoms with Gasteiger partial charge in [-0.2, -0.15) is 0 Å². The summed E-state index contributed by atoms with van der Waals surface area (Å²) in [6.07, 6.45) is 7.84. The molecular weight excluding hydrogens is 184 g/mol. The summed E-state index contributed by atoms with van der Waals surface area (Å²) in [4.78, 5) is 0. The van der Waals surface area contributed by atoms with Crippen LogP contribution in [0.4, 0.5) is 0 Å². The summed E-state index contributed by atoms with van der Waals surface area (Å²) >= 11 is 0. The Kier molecular flexibility index (Phi) is 6.72. The van der Waals surface area contributed by atoms with Crippen LogP contribution in [0.15, 0.2) is 24.3 Å². The van der Waals surface area contributed by atoms with Crippen LogP contribution in [0.5, 0.6) is 5.75 Å². The van der Waals surface area contributed by atoms with Crippen LogP contribution in [0.1, 0.15) is 45.4 Å². The number of hydrogen-bond acceptors (Lipinski definition) is 1. The number of ether oxygens (including phenoxy) is 1. The maximum Gasteiger partial charge on any atom is 0.127 e. The third kappa shape index (κ3) is 6.16. The lowest BCUT2D eigenvalue weighted by atomic mass is 10.1. The molecule has 1 aromatic carbocycles. The van der Waals surface area contributed by atoms with Crippen molar-refractivity contribution in [1.82, 2.24) is 0 Å². The highest BCUT2D eigenvalue weighted by Crippen LogP contribution is 2.09. The molecular formula is C14H21O. The Morgan fingerprint density at radius 2 is 1.87 bits per heavy atom. The first-order chi connectivity index (χ1) is 7.43. The van der Waals surface area contributed by atoms with Crippen LogP contribution in [-0.2, 0) is 0 Å². The molecule has 15 heavy (non-hydrogen) atoms. The first-order valence-corrected chi connectivity index (χ1v) is 6.03. The van der Waals surface area contributed by atoms with E-state index in [1.165, 1.54) is 32.1 Å². The molecule has 0 aliphatic rings. The molecule has 1 rings (SSSR count). The summed E-state index contributed by atoms with van der Waals surface area (Å²) in [5.41, 5.74) is 0. The van der Waals surface area contributed by atoms with Crippen LogP contribution >= 0.6 is 0 Å². The standard InChI is InChI=1S/C14H21O/c1-2-3-4-5-6-10-13-15-14-11-8-7-9-12-14/h7-9,11H,2-6,10,13H2,1H3. The topological polar surface area (TPSA) is 9.23 Å². The summed E-state index contributed by atoms with van der Waals surface area (Å²) in [6.45, 7) is 3.07. The molecule has 1 heteroatoms. The fourth-order valence-corrected chi connectivity index (χ4v) is 1.53. The maximum absolute atomic E-state index is 5.56. The molecule has 0 spiro atoms. The molecule has 1 aromatic rings. The van der Waals surface area contributed by atoms with Crippen LogP contribution in [0, 0.1) is 6.07 Å². The van der Waals surface area contributed by atoms with Gasteiger partial charge in [-0.05, 0) is 12.5 Å².